The fraction of sp³-hybridized carbons (Fsp3) is 0.182. The van der Waals surface area contributed by atoms with Crippen molar-refractivity contribution >= 4 is 29.2 Å². The van der Waals surface area contributed by atoms with E-state index in [0.29, 0.717) is 18.7 Å². The van der Waals surface area contributed by atoms with Crippen molar-refractivity contribution in [2.24, 2.45) is 0 Å². The number of nitro benzene ring substituents is 1. The van der Waals surface area contributed by atoms with Gasteiger partial charge >= 0.3 is 5.97 Å². The summed E-state index contributed by atoms with van der Waals surface area (Å²) in [6.45, 7) is 0.743. The first-order valence-corrected chi connectivity index (χ1v) is 9.14. The highest BCUT2D eigenvalue weighted by molar-refractivity contribution is 5.89. The van der Waals surface area contributed by atoms with Gasteiger partial charge < -0.3 is 9.64 Å². The van der Waals surface area contributed by atoms with Crippen LogP contribution in [-0.4, -0.2) is 41.4 Å². The minimum atomic E-state index is -0.644. The van der Waals surface area contributed by atoms with Crippen LogP contribution in [0, 0.1) is 10.1 Å². The second-order valence-electron chi connectivity index (χ2n) is 6.47. The number of ether oxygens (including phenoxy) is 1. The fourth-order valence-corrected chi connectivity index (χ4v) is 2.95. The van der Waals surface area contributed by atoms with Crippen LogP contribution in [-0.2, 0) is 14.3 Å². The van der Waals surface area contributed by atoms with Gasteiger partial charge in [-0.15, -0.1) is 0 Å². The number of benzene rings is 2. The number of hydrogen-bond acceptors (Lipinski definition) is 5. The zero-order valence-electron chi connectivity index (χ0n) is 15.7. The Morgan fingerprint density at radius 1 is 1.10 bits per heavy atom. The molecule has 1 heterocycles. The largest absolute Gasteiger partial charge is 0.452 e. The lowest BCUT2D eigenvalue weighted by Gasteiger charge is -2.26. The molecule has 0 unspecified atom stereocenters. The van der Waals surface area contributed by atoms with E-state index in [9.17, 15) is 19.7 Å². The van der Waals surface area contributed by atoms with Crippen LogP contribution in [0.1, 0.15) is 17.5 Å². The normalized spacial score (nSPS) is 13.8. The van der Waals surface area contributed by atoms with Gasteiger partial charge in [-0.05, 0) is 41.3 Å². The van der Waals surface area contributed by atoms with Crippen LogP contribution in [0.25, 0.3) is 11.6 Å². The summed E-state index contributed by atoms with van der Waals surface area (Å²) in [5, 5.41) is 10.6. The Balaban J connectivity index is 1.46. The molecule has 0 aliphatic carbocycles. The van der Waals surface area contributed by atoms with Gasteiger partial charge in [0.15, 0.2) is 6.61 Å². The zero-order chi connectivity index (χ0) is 20.6. The summed E-state index contributed by atoms with van der Waals surface area (Å²) in [5.41, 5.74) is 2.95. The highest BCUT2D eigenvalue weighted by atomic mass is 16.6. The lowest BCUT2D eigenvalue weighted by molar-refractivity contribution is -0.384. The van der Waals surface area contributed by atoms with Gasteiger partial charge in [0.05, 0.1) is 4.92 Å². The van der Waals surface area contributed by atoms with Crippen LogP contribution in [0.2, 0.25) is 0 Å². The first-order valence-electron chi connectivity index (χ1n) is 9.14. The molecule has 0 spiro atoms. The summed E-state index contributed by atoms with van der Waals surface area (Å²) in [6.07, 6.45) is 5.45. The summed E-state index contributed by atoms with van der Waals surface area (Å²) >= 11 is 0. The molecule has 0 fully saturated rings. The summed E-state index contributed by atoms with van der Waals surface area (Å²) in [4.78, 5) is 35.8. The third-order valence-electron chi connectivity index (χ3n) is 4.56. The van der Waals surface area contributed by atoms with E-state index < -0.39 is 10.9 Å². The van der Waals surface area contributed by atoms with E-state index >= 15 is 0 Å². The molecule has 0 atom stereocenters. The molecule has 7 heteroatoms. The Labute approximate surface area is 168 Å². The van der Waals surface area contributed by atoms with Crippen LogP contribution in [0.15, 0.2) is 66.7 Å². The highest BCUT2D eigenvalue weighted by Crippen LogP contribution is 2.22. The van der Waals surface area contributed by atoms with Crippen molar-refractivity contribution in [1.82, 2.24) is 4.90 Å². The van der Waals surface area contributed by atoms with Crippen molar-refractivity contribution in [2.45, 2.75) is 6.42 Å². The van der Waals surface area contributed by atoms with Crippen molar-refractivity contribution in [3.63, 3.8) is 0 Å². The lowest BCUT2D eigenvalue weighted by atomic mass is 10.00. The number of amides is 1. The van der Waals surface area contributed by atoms with Crippen LogP contribution < -0.4 is 0 Å². The van der Waals surface area contributed by atoms with Gasteiger partial charge in [0.1, 0.15) is 0 Å². The topological polar surface area (TPSA) is 89.7 Å². The van der Waals surface area contributed by atoms with E-state index in [0.717, 1.165) is 12.0 Å². The number of rotatable bonds is 6. The highest BCUT2D eigenvalue weighted by Gasteiger charge is 2.18. The first-order chi connectivity index (χ1) is 14.0. The molecule has 0 aromatic heterocycles. The average Bonchev–Trinajstić information content (AvgIpc) is 2.77. The van der Waals surface area contributed by atoms with Crippen LogP contribution >= 0.6 is 0 Å². The average molecular weight is 392 g/mol. The zero-order valence-corrected chi connectivity index (χ0v) is 15.7. The van der Waals surface area contributed by atoms with Crippen molar-refractivity contribution < 1.29 is 19.2 Å². The molecule has 2 aromatic rings. The first kappa shape index (κ1) is 20.0. The molecule has 0 radical (unpaired) electrons. The van der Waals surface area contributed by atoms with Gasteiger partial charge in [-0.25, -0.2) is 4.79 Å². The third-order valence-corrected chi connectivity index (χ3v) is 4.56. The minimum Gasteiger partial charge on any atom is -0.452 e. The maximum Gasteiger partial charge on any atom is 0.331 e. The molecule has 2 aromatic carbocycles. The van der Waals surface area contributed by atoms with Gasteiger partial charge in [0.2, 0.25) is 0 Å². The molecule has 0 N–H and O–H groups in total. The number of carbonyl (C=O) groups excluding carboxylic acids is 2. The number of nitro groups is 1. The SMILES string of the molecule is O=C(/C=C/c1ccc([N+](=O)[O-])cc1)OCC(=O)N1CC=C(c2ccccc2)CC1. The van der Waals surface area contributed by atoms with Gasteiger partial charge in [0, 0.05) is 31.3 Å². The number of carbonyl (C=O) groups is 2. The molecule has 1 amide bonds. The molecule has 0 saturated carbocycles. The van der Waals surface area contributed by atoms with Gasteiger partial charge in [0.25, 0.3) is 11.6 Å². The molecule has 7 nitrogen and oxygen atoms in total. The molecular weight excluding hydrogens is 372 g/mol. The molecule has 3 rings (SSSR count). The summed E-state index contributed by atoms with van der Waals surface area (Å²) in [6, 6.07) is 15.8. The molecule has 29 heavy (non-hydrogen) atoms. The number of hydrogen-bond donors (Lipinski definition) is 0. The number of esters is 1. The third kappa shape index (κ3) is 5.62. The fourth-order valence-electron chi connectivity index (χ4n) is 2.95. The Hall–Kier alpha value is -3.74. The van der Waals surface area contributed by atoms with Gasteiger partial charge in [-0.1, -0.05) is 36.4 Å². The minimum absolute atomic E-state index is 0.0265. The predicted octanol–water partition coefficient (Wildman–Crippen LogP) is 3.47. The monoisotopic (exact) mass is 392 g/mol. The molecule has 148 valence electrons. The van der Waals surface area contributed by atoms with Crippen molar-refractivity contribution in [3.05, 3.63) is 88.0 Å². The van der Waals surface area contributed by atoms with Crippen molar-refractivity contribution in [3.8, 4) is 0 Å². The summed E-state index contributed by atoms with van der Waals surface area (Å²) in [5.74, 6) is -0.889. The second-order valence-corrected chi connectivity index (χ2v) is 6.47. The maximum atomic E-state index is 12.3. The van der Waals surface area contributed by atoms with E-state index in [1.165, 1.54) is 42.0 Å². The summed E-state index contributed by atoms with van der Waals surface area (Å²) in [7, 11) is 0. The van der Waals surface area contributed by atoms with Crippen LogP contribution in [0.4, 0.5) is 5.69 Å². The molecular formula is C22H20N2O5. The van der Waals surface area contributed by atoms with E-state index in [2.05, 4.69) is 0 Å². The van der Waals surface area contributed by atoms with E-state index in [1.54, 1.807) is 4.90 Å². The Bertz CT molecular complexity index is 949. The Morgan fingerprint density at radius 3 is 2.45 bits per heavy atom. The number of non-ortho nitro benzene ring substituents is 1. The predicted molar refractivity (Wildman–Crippen MR) is 109 cm³/mol. The quantitative estimate of drug-likeness (QED) is 0.325. The maximum absolute atomic E-state index is 12.3. The second kappa shape index (κ2) is 9.45. The molecule has 0 saturated heterocycles. The smallest absolute Gasteiger partial charge is 0.331 e. The van der Waals surface area contributed by atoms with E-state index in [1.807, 2.05) is 36.4 Å². The van der Waals surface area contributed by atoms with Gasteiger partial charge in [-0.2, -0.15) is 0 Å². The van der Waals surface area contributed by atoms with Crippen LogP contribution in [0.5, 0.6) is 0 Å². The van der Waals surface area contributed by atoms with E-state index in [4.69, 9.17) is 4.74 Å². The van der Waals surface area contributed by atoms with Gasteiger partial charge in [-0.3, -0.25) is 14.9 Å². The number of nitrogens with zero attached hydrogens (tertiary/aromatic N) is 2. The summed E-state index contributed by atoms with van der Waals surface area (Å²) < 4.78 is 5.01. The van der Waals surface area contributed by atoms with Crippen LogP contribution in [0.3, 0.4) is 0 Å². The van der Waals surface area contributed by atoms with Crippen molar-refractivity contribution in [1.29, 1.82) is 0 Å². The molecule has 1 aliphatic heterocycles. The van der Waals surface area contributed by atoms with E-state index in [-0.39, 0.29) is 18.2 Å². The Kier molecular flexibility index (Phi) is 6.52. The lowest BCUT2D eigenvalue weighted by Crippen LogP contribution is -2.37. The molecule has 0 bridgehead atoms. The standard InChI is InChI=1S/C22H20N2O5/c25-21(23-14-12-19(13-15-23)18-4-2-1-3-5-18)16-29-22(26)11-8-17-6-9-20(10-7-17)24(27)28/h1-12H,13-16H2/b11-8+. The molecule has 1 aliphatic rings. The van der Waals surface area contributed by atoms with Crippen molar-refractivity contribution in [2.75, 3.05) is 19.7 Å². The Morgan fingerprint density at radius 2 is 1.83 bits per heavy atom.